The van der Waals surface area contributed by atoms with E-state index in [1.54, 1.807) is 0 Å². The van der Waals surface area contributed by atoms with E-state index in [4.69, 9.17) is 5.41 Å². The van der Waals surface area contributed by atoms with Crippen LogP contribution in [0.1, 0.15) is 57.8 Å². The summed E-state index contributed by atoms with van der Waals surface area (Å²) in [5.41, 5.74) is 0.371. The van der Waals surface area contributed by atoms with Gasteiger partial charge < -0.3 is 10.5 Å². The molecule has 0 aliphatic heterocycles. The topological polar surface area (TPSA) is 44.1 Å². The second-order valence-electron chi connectivity index (χ2n) is 4.61. The maximum atomic E-state index is 9.24. The quantitative estimate of drug-likeness (QED) is 0.519. The Kier molecular flexibility index (Phi) is 5.44. The molecule has 2 nitrogen and oxygen atoms in total. The SMILES string of the molecule is C=C(O)C(=N)C1CCCCCCCCC1. The number of nitrogens with one attached hydrogen (secondary N) is 1. The van der Waals surface area contributed by atoms with Crippen molar-refractivity contribution in [3.63, 3.8) is 0 Å². The van der Waals surface area contributed by atoms with Crippen LogP contribution in [0, 0.1) is 11.3 Å². The predicted octanol–water partition coefficient (Wildman–Crippen LogP) is 4.22. The number of rotatable bonds is 2. The molecule has 0 saturated heterocycles. The van der Waals surface area contributed by atoms with Gasteiger partial charge in [0, 0.05) is 5.92 Å². The van der Waals surface area contributed by atoms with E-state index in [-0.39, 0.29) is 11.7 Å². The van der Waals surface area contributed by atoms with Gasteiger partial charge in [0.25, 0.3) is 0 Å². The molecule has 0 heterocycles. The highest BCUT2D eigenvalue weighted by Gasteiger charge is 2.16. The third kappa shape index (κ3) is 4.50. The number of aliphatic hydroxyl groups excluding tert-OH is 1. The van der Waals surface area contributed by atoms with E-state index in [2.05, 4.69) is 6.58 Å². The average Bonchev–Trinajstić information content (AvgIpc) is 2.24. The lowest BCUT2D eigenvalue weighted by Crippen LogP contribution is -2.16. The Labute approximate surface area is 92.9 Å². The van der Waals surface area contributed by atoms with Crippen molar-refractivity contribution in [1.29, 1.82) is 5.41 Å². The number of hydrogen-bond acceptors (Lipinski definition) is 2. The fourth-order valence-corrected chi connectivity index (χ4v) is 2.33. The van der Waals surface area contributed by atoms with Crippen LogP contribution in [0.3, 0.4) is 0 Å². The Morgan fingerprint density at radius 3 is 1.73 bits per heavy atom. The first kappa shape index (κ1) is 12.3. The zero-order valence-corrected chi connectivity index (χ0v) is 9.60. The molecule has 0 aromatic carbocycles. The van der Waals surface area contributed by atoms with Gasteiger partial charge in [-0.25, -0.2) is 0 Å². The Morgan fingerprint density at radius 1 is 0.933 bits per heavy atom. The highest BCUT2D eigenvalue weighted by atomic mass is 16.3. The first-order chi connectivity index (χ1) is 7.22. The van der Waals surface area contributed by atoms with Crippen molar-refractivity contribution < 1.29 is 5.11 Å². The highest BCUT2D eigenvalue weighted by Crippen LogP contribution is 2.23. The molecule has 2 N–H and O–H groups in total. The zero-order valence-electron chi connectivity index (χ0n) is 9.60. The van der Waals surface area contributed by atoms with Crippen molar-refractivity contribution in [3.8, 4) is 0 Å². The third-order valence-corrected chi connectivity index (χ3v) is 3.32. The van der Waals surface area contributed by atoms with Crippen molar-refractivity contribution in [2.75, 3.05) is 0 Å². The van der Waals surface area contributed by atoms with Crippen molar-refractivity contribution >= 4 is 5.71 Å². The second-order valence-corrected chi connectivity index (χ2v) is 4.61. The molecule has 0 atom stereocenters. The van der Waals surface area contributed by atoms with Crippen LogP contribution >= 0.6 is 0 Å². The average molecular weight is 209 g/mol. The van der Waals surface area contributed by atoms with Gasteiger partial charge in [0.05, 0.1) is 5.71 Å². The zero-order chi connectivity index (χ0) is 11.1. The van der Waals surface area contributed by atoms with Crippen molar-refractivity contribution in [2.45, 2.75) is 57.8 Å². The van der Waals surface area contributed by atoms with Crippen molar-refractivity contribution in [1.82, 2.24) is 0 Å². The van der Waals surface area contributed by atoms with Gasteiger partial charge in [0.2, 0.25) is 0 Å². The summed E-state index contributed by atoms with van der Waals surface area (Å²) in [7, 11) is 0. The van der Waals surface area contributed by atoms with E-state index in [0.29, 0.717) is 5.71 Å². The van der Waals surface area contributed by atoms with Crippen LogP contribution in [0.4, 0.5) is 0 Å². The molecule has 1 rings (SSSR count). The molecule has 86 valence electrons. The molecule has 1 aliphatic carbocycles. The summed E-state index contributed by atoms with van der Waals surface area (Å²) in [5.74, 6) is 0.220. The van der Waals surface area contributed by atoms with E-state index in [1.807, 2.05) is 0 Å². The maximum Gasteiger partial charge on any atom is 0.129 e. The van der Waals surface area contributed by atoms with E-state index in [9.17, 15) is 5.11 Å². The minimum absolute atomic E-state index is 0.0305. The summed E-state index contributed by atoms with van der Waals surface area (Å²) < 4.78 is 0. The second kappa shape index (κ2) is 6.65. The molecule has 1 saturated carbocycles. The Morgan fingerprint density at radius 2 is 1.33 bits per heavy atom. The Balaban J connectivity index is 2.44. The normalized spacial score (nSPS) is 20.8. The van der Waals surface area contributed by atoms with Gasteiger partial charge >= 0.3 is 0 Å². The number of allylic oxidation sites excluding steroid dienone is 1. The van der Waals surface area contributed by atoms with Crippen LogP contribution in [-0.4, -0.2) is 10.8 Å². The molecule has 0 aromatic heterocycles. The summed E-state index contributed by atoms with van der Waals surface area (Å²) in [6, 6.07) is 0. The molecule has 0 radical (unpaired) electrons. The first-order valence-corrected chi connectivity index (χ1v) is 6.18. The summed E-state index contributed by atoms with van der Waals surface area (Å²) in [4.78, 5) is 0. The molecule has 0 unspecified atom stereocenters. The van der Waals surface area contributed by atoms with E-state index in [1.165, 1.54) is 44.9 Å². The molecule has 1 fully saturated rings. The lowest BCUT2D eigenvalue weighted by atomic mass is 9.88. The van der Waals surface area contributed by atoms with Crippen LogP contribution in [0.15, 0.2) is 12.3 Å². The van der Waals surface area contributed by atoms with Gasteiger partial charge in [0.1, 0.15) is 5.76 Å². The Hall–Kier alpha value is -0.790. The van der Waals surface area contributed by atoms with Crippen molar-refractivity contribution in [3.05, 3.63) is 12.3 Å². The van der Waals surface area contributed by atoms with E-state index >= 15 is 0 Å². The highest BCUT2D eigenvalue weighted by molar-refractivity contribution is 5.96. The third-order valence-electron chi connectivity index (χ3n) is 3.32. The molecule has 2 heteroatoms. The van der Waals surface area contributed by atoms with Gasteiger partial charge in [0.15, 0.2) is 0 Å². The van der Waals surface area contributed by atoms with E-state index < -0.39 is 0 Å². The minimum Gasteiger partial charge on any atom is -0.507 e. The predicted molar refractivity (Wildman–Crippen MR) is 64.5 cm³/mol. The van der Waals surface area contributed by atoms with Gasteiger partial charge in [-0.2, -0.15) is 0 Å². The molecule has 0 aromatic rings. The summed E-state index contributed by atoms with van der Waals surface area (Å²) in [5, 5.41) is 17.0. The van der Waals surface area contributed by atoms with Gasteiger partial charge in [-0.1, -0.05) is 51.5 Å². The summed E-state index contributed by atoms with van der Waals surface area (Å²) in [6.45, 7) is 3.46. The van der Waals surface area contributed by atoms with Gasteiger partial charge in [-0.15, -0.1) is 0 Å². The summed E-state index contributed by atoms with van der Waals surface area (Å²) in [6.07, 6.45) is 11.1. The van der Waals surface area contributed by atoms with Crippen LogP contribution in [0.5, 0.6) is 0 Å². The van der Waals surface area contributed by atoms with Crippen LogP contribution < -0.4 is 0 Å². The largest absolute Gasteiger partial charge is 0.507 e. The molecule has 0 amide bonds. The lowest BCUT2D eigenvalue weighted by molar-refractivity contribution is 0.417. The monoisotopic (exact) mass is 209 g/mol. The Bertz CT molecular complexity index is 213. The van der Waals surface area contributed by atoms with E-state index in [0.717, 1.165) is 12.8 Å². The number of aliphatic hydroxyl groups is 1. The van der Waals surface area contributed by atoms with Crippen LogP contribution in [0.25, 0.3) is 0 Å². The minimum atomic E-state index is -0.0305. The molecular weight excluding hydrogens is 186 g/mol. The molecule has 0 spiro atoms. The summed E-state index contributed by atoms with van der Waals surface area (Å²) >= 11 is 0. The molecule has 0 bridgehead atoms. The standard InChI is InChI=1S/C13H23NO/c1-11(15)13(14)12-9-7-5-3-2-4-6-8-10-12/h12,14-15H,1-10H2. The van der Waals surface area contributed by atoms with Crippen LogP contribution in [0.2, 0.25) is 0 Å². The molecule has 15 heavy (non-hydrogen) atoms. The van der Waals surface area contributed by atoms with Crippen LogP contribution in [-0.2, 0) is 0 Å². The number of hydrogen-bond donors (Lipinski definition) is 2. The molecular formula is C13H23NO. The molecule has 1 aliphatic rings. The maximum absolute atomic E-state index is 9.24. The van der Waals surface area contributed by atoms with Crippen molar-refractivity contribution in [2.24, 2.45) is 5.92 Å². The van der Waals surface area contributed by atoms with Gasteiger partial charge in [-0.05, 0) is 12.8 Å². The first-order valence-electron chi connectivity index (χ1n) is 6.18. The fraction of sp³-hybridized carbons (Fsp3) is 0.769. The fourth-order valence-electron chi connectivity index (χ4n) is 2.33. The smallest absolute Gasteiger partial charge is 0.129 e. The lowest BCUT2D eigenvalue weighted by Gasteiger charge is -2.18. The van der Waals surface area contributed by atoms with Gasteiger partial charge in [-0.3, -0.25) is 0 Å².